The van der Waals surface area contributed by atoms with Gasteiger partial charge in [0.05, 0.1) is 16.0 Å². The molecule has 0 unspecified atom stereocenters. The van der Waals surface area contributed by atoms with Crippen LogP contribution in [0.3, 0.4) is 0 Å². The number of alkyl halides is 3. The number of amides is 1. The molecule has 0 saturated carbocycles. The molecule has 26 heavy (non-hydrogen) atoms. The van der Waals surface area contributed by atoms with E-state index in [0.29, 0.717) is 5.52 Å². The zero-order chi connectivity index (χ0) is 18.9. The topological polar surface area (TPSA) is 76.9 Å². The zero-order valence-electron chi connectivity index (χ0n) is 12.9. The number of nitrogens with one attached hydrogen (secondary N) is 1. The van der Waals surface area contributed by atoms with E-state index in [1.165, 1.54) is 12.1 Å². The van der Waals surface area contributed by atoms with E-state index in [-0.39, 0.29) is 11.1 Å². The van der Waals surface area contributed by atoms with Crippen molar-refractivity contribution in [3.63, 3.8) is 0 Å². The standard InChI is InChI=1S/C16H10ClF3N4O2/c17-12-6-5-9(7-11(12)16(18,19)20)21-14(25)8-24-15(26)10-3-1-2-4-13(10)22-23-24/h1-7H,8H2,(H,21,25). The van der Waals surface area contributed by atoms with Crippen molar-refractivity contribution in [3.05, 3.63) is 63.4 Å². The van der Waals surface area contributed by atoms with Gasteiger partial charge in [-0.15, -0.1) is 5.10 Å². The van der Waals surface area contributed by atoms with E-state index in [1.54, 1.807) is 18.2 Å². The fourth-order valence-corrected chi connectivity index (χ4v) is 2.51. The van der Waals surface area contributed by atoms with Gasteiger partial charge in [-0.05, 0) is 30.3 Å². The molecule has 0 spiro atoms. The highest BCUT2D eigenvalue weighted by molar-refractivity contribution is 6.31. The van der Waals surface area contributed by atoms with Crippen molar-refractivity contribution in [1.29, 1.82) is 0 Å². The van der Waals surface area contributed by atoms with Crippen molar-refractivity contribution in [1.82, 2.24) is 15.0 Å². The molecule has 0 aliphatic rings. The number of fused-ring (bicyclic) bond motifs is 1. The minimum absolute atomic E-state index is 0.103. The van der Waals surface area contributed by atoms with Gasteiger partial charge in [0.15, 0.2) is 0 Å². The van der Waals surface area contributed by atoms with E-state index in [2.05, 4.69) is 15.6 Å². The summed E-state index contributed by atoms with van der Waals surface area (Å²) < 4.78 is 39.4. The first-order valence-electron chi connectivity index (χ1n) is 7.25. The summed E-state index contributed by atoms with van der Waals surface area (Å²) >= 11 is 5.53. The summed E-state index contributed by atoms with van der Waals surface area (Å²) in [5.41, 5.74) is -1.33. The number of aromatic nitrogens is 3. The van der Waals surface area contributed by atoms with Crippen molar-refractivity contribution in [2.24, 2.45) is 0 Å². The van der Waals surface area contributed by atoms with Crippen molar-refractivity contribution in [2.75, 3.05) is 5.32 Å². The van der Waals surface area contributed by atoms with Crippen LogP contribution in [0.5, 0.6) is 0 Å². The van der Waals surface area contributed by atoms with E-state index < -0.39 is 34.8 Å². The van der Waals surface area contributed by atoms with Crippen LogP contribution in [0.2, 0.25) is 5.02 Å². The summed E-state index contributed by atoms with van der Waals surface area (Å²) in [6, 6.07) is 9.44. The summed E-state index contributed by atoms with van der Waals surface area (Å²) in [4.78, 5) is 24.3. The fraction of sp³-hybridized carbons (Fsp3) is 0.125. The van der Waals surface area contributed by atoms with Gasteiger partial charge in [0.1, 0.15) is 12.1 Å². The van der Waals surface area contributed by atoms with Gasteiger partial charge in [0.2, 0.25) is 5.91 Å². The second kappa shape index (κ2) is 6.75. The molecular weight excluding hydrogens is 373 g/mol. The number of anilines is 1. The molecule has 1 heterocycles. The maximum atomic E-state index is 12.9. The molecule has 1 aromatic heterocycles. The Balaban J connectivity index is 1.82. The van der Waals surface area contributed by atoms with E-state index in [1.807, 2.05) is 0 Å². The number of hydrogen-bond donors (Lipinski definition) is 1. The van der Waals surface area contributed by atoms with Gasteiger partial charge >= 0.3 is 6.18 Å². The summed E-state index contributed by atoms with van der Waals surface area (Å²) in [6.07, 6.45) is -4.65. The Hall–Kier alpha value is -2.94. The largest absolute Gasteiger partial charge is 0.417 e. The first-order chi connectivity index (χ1) is 12.3. The van der Waals surface area contributed by atoms with Crippen molar-refractivity contribution >= 4 is 34.1 Å². The third-order valence-corrected chi connectivity index (χ3v) is 3.81. The van der Waals surface area contributed by atoms with Gasteiger partial charge in [0, 0.05) is 5.69 Å². The Morgan fingerprint density at radius 2 is 1.92 bits per heavy atom. The van der Waals surface area contributed by atoms with Crippen LogP contribution >= 0.6 is 11.6 Å². The summed E-state index contributed by atoms with van der Waals surface area (Å²) in [5.74, 6) is -0.730. The molecule has 0 fully saturated rings. The molecule has 0 aliphatic carbocycles. The van der Waals surface area contributed by atoms with Crippen LogP contribution in [0.25, 0.3) is 10.9 Å². The number of carbonyl (C=O) groups excluding carboxylic acids is 1. The minimum Gasteiger partial charge on any atom is -0.324 e. The zero-order valence-corrected chi connectivity index (χ0v) is 13.7. The monoisotopic (exact) mass is 382 g/mol. The number of hydrogen-bond acceptors (Lipinski definition) is 4. The van der Waals surface area contributed by atoms with Gasteiger partial charge in [-0.25, -0.2) is 4.68 Å². The molecular formula is C16H10ClF3N4O2. The predicted octanol–water partition coefficient (Wildman–Crippen LogP) is 3.10. The van der Waals surface area contributed by atoms with Crippen LogP contribution in [0, 0.1) is 0 Å². The normalized spacial score (nSPS) is 11.5. The number of halogens is 4. The molecule has 0 atom stereocenters. The lowest BCUT2D eigenvalue weighted by atomic mass is 10.2. The van der Waals surface area contributed by atoms with Crippen molar-refractivity contribution < 1.29 is 18.0 Å². The Morgan fingerprint density at radius 3 is 2.65 bits per heavy atom. The van der Waals surface area contributed by atoms with E-state index >= 15 is 0 Å². The van der Waals surface area contributed by atoms with Gasteiger partial charge in [-0.3, -0.25) is 9.59 Å². The Kier molecular flexibility index (Phi) is 4.64. The molecule has 3 rings (SSSR count). The summed E-state index contributed by atoms with van der Waals surface area (Å²) in [7, 11) is 0. The molecule has 10 heteroatoms. The molecule has 3 aromatic rings. The minimum atomic E-state index is -4.65. The van der Waals surface area contributed by atoms with Crippen LogP contribution in [-0.2, 0) is 17.5 Å². The average Bonchev–Trinajstić information content (AvgIpc) is 2.58. The molecule has 0 radical (unpaired) electrons. The number of rotatable bonds is 3. The third-order valence-electron chi connectivity index (χ3n) is 3.48. The number of benzene rings is 2. The lowest BCUT2D eigenvalue weighted by Gasteiger charge is -2.12. The molecule has 1 N–H and O–H groups in total. The maximum Gasteiger partial charge on any atom is 0.417 e. The van der Waals surface area contributed by atoms with Gasteiger partial charge in [-0.1, -0.05) is 28.9 Å². The Bertz CT molecular complexity index is 1050. The predicted molar refractivity (Wildman–Crippen MR) is 88.9 cm³/mol. The average molecular weight is 383 g/mol. The fourth-order valence-electron chi connectivity index (χ4n) is 2.28. The molecule has 0 saturated heterocycles. The first-order valence-corrected chi connectivity index (χ1v) is 7.62. The quantitative estimate of drug-likeness (QED) is 0.755. The van der Waals surface area contributed by atoms with Crippen molar-refractivity contribution in [3.8, 4) is 0 Å². The Morgan fingerprint density at radius 1 is 1.19 bits per heavy atom. The molecule has 0 bridgehead atoms. The Labute approximate surface area is 149 Å². The summed E-state index contributed by atoms with van der Waals surface area (Å²) in [5, 5.41) is 9.56. The second-order valence-electron chi connectivity index (χ2n) is 5.31. The van der Waals surface area contributed by atoms with E-state index in [4.69, 9.17) is 11.6 Å². The summed E-state index contributed by atoms with van der Waals surface area (Å²) in [6.45, 7) is -0.499. The lowest BCUT2D eigenvalue weighted by molar-refractivity contribution is -0.137. The maximum absolute atomic E-state index is 12.9. The van der Waals surface area contributed by atoms with Crippen LogP contribution in [0.1, 0.15) is 5.56 Å². The molecule has 6 nitrogen and oxygen atoms in total. The lowest BCUT2D eigenvalue weighted by Crippen LogP contribution is -2.30. The second-order valence-corrected chi connectivity index (χ2v) is 5.72. The van der Waals surface area contributed by atoms with Crippen LogP contribution in [0.15, 0.2) is 47.3 Å². The smallest absolute Gasteiger partial charge is 0.324 e. The molecule has 0 aliphatic heterocycles. The highest BCUT2D eigenvalue weighted by Crippen LogP contribution is 2.36. The van der Waals surface area contributed by atoms with E-state index in [9.17, 15) is 22.8 Å². The van der Waals surface area contributed by atoms with Crippen LogP contribution in [-0.4, -0.2) is 20.9 Å². The van der Waals surface area contributed by atoms with Gasteiger partial charge in [0.25, 0.3) is 5.56 Å². The highest BCUT2D eigenvalue weighted by Gasteiger charge is 2.33. The van der Waals surface area contributed by atoms with Crippen LogP contribution in [0.4, 0.5) is 18.9 Å². The SMILES string of the molecule is O=C(Cn1nnc2ccccc2c1=O)Nc1ccc(Cl)c(C(F)(F)F)c1. The highest BCUT2D eigenvalue weighted by atomic mass is 35.5. The van der Waals surface area contributed by atoms with Gasteiger partial charge < -0.3 is 5.32 Å². The molecule has 2 aromatic carbocycles. The van der Waals surface area contributed by atoms with Crippen molar-refractivity contribution in [2.45, 2.75) is 12.7 Å². The number of carbonyl (C=O) groups is 1. The van der Waals surface area contributed by atoms with E-state index in [0.717, 1.165) is 16.8 Å². The number of nitrogens with zero attached hydrogens (tertiary/aromatic N) is 3. The molecule has 1 amide bonds. The molecule has 134 valence electrons. The van der Waals surface area contributed by atoms with Crippen LogP contribution < -0.4 is 10.9 Å². The third kappa shape index (κ3) is 3.67. The first kappa shape index (κ1) is 17.9. The van der Waals surface area contributed by atoms with Gasteiger partial charge in [-0.2, -0.15) is 13.2 Å².